The van der Waals surface area contributed by atoms with Crippen LogP contribution in [0.15, 0.2) is 24.3 Å². The number of rotatable bonds is 7. The van der Waals surface area contributed by atoms with E-state index in [0.29, 0.717) is 12.8 Å². The fourth-order valence-electron chi connectivity index (χ4n) is 1.74. The number of nitrogens with one attached hydrogen (secondary N) is 1. The van der Waals surface area contributed by atoms with Crippen molar-refractivity contribution in [3.05, 3.63) is 29.8 Å². The molecule has 0 aliphatic heterocycles. The van der Waals surface area contributed by atoms with E-state index in [9.17, 15) is 18.0 Å². The first-order chi connectivity index (χ1) is 9.78. The second-order valence-corrected chi connectivity index (χ2v) is 4.80. The van der Waals surface area contributed by atoms with Crippen molar-refractivity contribution in [3.8, 4) is 5.75 Å². The molecule has 1 rings (SSSR count). The average molecular weight is 304 g/mol. The first-order valence-electron chi connectivity index (χ1n) is 6.64. The maximum absolute atomic E-state index is 12.2. The van der Waals surface area contributed by atoms with Gasteiger partial charge in [0.25, 0.3) is 0 Å². The van der Waals surface area contributed by atoms with Crippen LogP contribution in [-0.4, -0.2) is 18.3 Å². The third-order valence-corrected chi connectivity index (χ3v) is 2.74. The number of carbonyl (C=O) groups is 1. The van der Waals surface area contributed by atoms with Gasteiger partial charge < -0.3 is 15.8 Å². The molecule has 1 aromatic rings. The number of hydrogen-bond donors (Lipinski definition) is 2. The number of para-hydroxylation sites is 1. The molecule has 7 heteroatoms. The number of hydrogen-bond acceptors (Lipinski definition) is 3. The molecule has 0 radical (unpaired) electrons. The van der Waals surface area contributed by atoms with Gasteiger partial charge in [0.05, 0.1) is 0 Å². The van der Waals surface area contributed by atoms with E-state index in [1.165, 1.54) is 18.2 Å². The van der Waals surface area contributed by atoms with E-state index in [2.05, 4.69) is 10.1 Å². The summed E-state index contributed by atoms with van der Waals surface area (Å²) in [6.07, 6.45) is -3.09. The summed E-state index contributed by atoms with van der Waals surface area (Å²) in [4.78, 5) is 11.6. The molecule has 0 spiro atoms. The Kier molecular flexibility index (Phi) is 6.48. The van der Waals surface area contributed by atoms with Crippen molar-refractivity contribution < 1.29 is 22.7 Å². The maximum Gasteiger partial charge on any atom is 0.573 e. The van der Waals surface area contributed by atoms with Gasteiger partial charge in [-0.3, -0.25) is 4.79 Å². The average Bonchev–Trinajstić information content (AvgIpc) is 2.35. The third kappa shape index (κ3) is 7.55. The van der Waals surface area contributed by atoms with E-state index >= 15 is 0 Å². The molecule has 0 aromatic heterocycles. The SMILES string of the molecule is CC(N)CCCC(=O)NCc1ccccc1OC(F)(F)F. The minimum atomic E-state index is -4.75. The summed E-state index contributed by atoms with van der Waals surface area (Å²) in [5.41, 5.74) is 5.84. The topological polar surface area (TPSA) is 64.4 Å². The van der Waals surface area contributed by atoms with Crippen LogP contribution in [0, 0.1) is 0 Å². The minimum Gasteiger partial charge on any atom is -0.405 e. The van der Waals surface area contributed by atoms with Gasteiger partial charge in [-0.2, -0.15) is 0 Å². The number of ether oxygens (including phenoxy) is 1. The number of amides is 1. The molecule has 1 aromatic carbocycles. The maximum atomic E-state index is 12.2. The van der Waals surface area contributed by atoms with Crippen molar-refractivity contribution in [1.29, 1.82) is 0 Å². The summed E-state index contributed by atoms with van der Waals surface area (Å²) in [6, 6.07) is 5.74. The second-order valence-electron chi connectivity index (χ2n) is 4.80. The van der Waals surface area contributed by atoms with Gasteiger partial charge in [-0.05, 0) is 25.8 Å². The molecule has 0 heterocycles. The molecular formula is C14H19F3N2O2. The standard InChI is InChI=1S/C14H19F3N2O2/c1-10(18)5-4-8-13(20)19-9-11-6-2-3-7-12(11)21-14(15,16)17/h2-3,6-7,10H,4-5,8-9,18H2,1H3,(H,19,20). The Morgan fingerprint density at radius 2 is 2.05 bits per heavy atom. The van der Waals surface area contributed by atoms with Crippen LogP contribution in [0.4, 0.5) is 13.2 Å². The third-order valence-electron chi connectivity index (χ3n) is 2.74. The normalized spacial score (nSPS) is 12.8. The fourth-order valence-corrected chi connectivity index (χ4v) is 1.74. The number of halogens is 3. The predicted octanol–water partition coefficient (Wildman–Crippen LogP) is 2.72. The van der Waals surface area contributed by atoms with Crippen molar-refractivity contribution in [3.63, 3.8) is 0 Å². The Hall–Kier alpha value is -1.76. The van der Waals surface area contributed by atoms with Crippen LogP contribution in [0.2, 0.25) is 0 Å². The van der Waals surface area contributed by atoms with Gasteiger partial charge in [-0.15, -0.1) is 13.2 Å². The Labute approximate surface area is 121 Å². The quantitative estimate of drug-likeness (QED) is 0.814. The highest BCUT2D eigenvalue weighted by Crippen LogP contribution is 2.26. The van der Waals surface area contributed by atoms with Gasteiger partial charge in [0.15, 0.2) is 0 Å². The lowest BCUT2D eigenvalue weighted by atomic mass is 10.1. The molecule has 21 heavy (non-hydrogen) atoms. The van der Waals surface area contributed by atoms with Crippen molar-refractivity contribution in [1.82, 2.24) is 5.32 Å². The molecular weight excluding hydrogens is 285 g/mol. The van der Waals surface area contributed by atoms with E-state index in [-0.39, 0.29) is 29.8 Å². The first kappa shape index (κ1) is 17.3. The van der Waals surface area contributed by atoms with E-state index in [4.69, 9.17) is 5.73 Å². The Morgan fingerprint density at radius 3 is 2.67 bits per heavy atom. The van der Waals surface area contributed by atoms with E-state index in [1.807, 2.05) is 6.92 Å². The van der Waals surface area contributed by atoms with Gasteiger partial charge in [0.2, 0.25) is 5.91 Å². The zero-order chi connectivity index (χ0) is 15.9. The fraction of sp³-hybridized carbons (Fsp3) is 0.500. The Morgan fingerprint density at radius 1 is 1.38 bits per heavy atom. The van der Waals surface area contributed by atoms with E-state index < -0.39 is 6.36 Å². The molecule has 1 atom stereocenters. The molecule has 0 bridgehead atoms. The van der Waals surface area contributed by atoms with Gasteiger partial charge in [0, 0.05) is 24.6 Å². The van der Waals surface area contributed by atoms with Crippen LogP contribution >= 0.6 is 0 Å². The van der Waals surface area contributed by atoms with Crippen LogP contribution in [0.5, 0.6) is 5.75 Å². The monoisotopic (exact) mass is 304 g/mol. The van der Waals surface area contributed by atoms with Crippen LogP contribution in [0.3, 0.4) is 0 Å². The Balaban J connectivity index is 2.49. The summed E-state index contributed by atoms with van der Waals surface area (Å²) in [5.74, 6) is -0.529. The number of alkyl halides is 3. The highest BCUT2D eigenvalue weighted by atomic mass is 19.4. The zero-order valence-electron chi connectivity index (χ0n) is 11.7. The van der Waals surface area contributed by atoms with Gasteiger partial charge in [-0.25, -0.2) is 0 Å². The van der Waals surface area contributed by atoms with Crippen molar-refractivity contribution >= 4 is 5.91 Å². The largest absolute Gasteiger partial charge is 0.573 e. The molecule has 4 nitrogen and oxygen atoms in total. The smallest absolute Gasteiger partial charge is 0.405 e. The highest BCUT2D eigenvalue weighted by molar-refractivity contribution is 5.75. The summed E-state index contributed by atoms with van der Waals surface area (Å²) >= 11 is 0. The first-order valence-corrected chi connectivity index (χ1v) is 6.64. The lowest BCUT2D eigenvalue weighted by Gasteiger charge is -2.13. The molecule has 0 aliphatic rings. The summed E-state index contributed by atoms with van der Waals surface area (Å²) in [5, 5.41) is 2.57. The van der Waals surface area contributed by atoms with Gasteiger partial charge in [-0.1, -0.05) is 18.2 Å². The summed E-state index contributed by atoms with van der Waals surface area (Å²) < 4.78 is 40.6. The lowest BCUT2D eigenvalue weighted by Crippen LogP contribution is -2.24. The molecule has 0 saturated heterocycles. The predicted molar refractivity (Wildman–Crippen MR) is 72.5 cm³/mol. The molecule has 1 unspecified atom stereocenters. The molecule has 0 aliphatic carbocycles. The molecule has 3 N–H and O–H groups in total. The molecule has 118 valence electrons. The van der Waals surface area contributed by atoms with Crippen LogP contribution in [-0.2, 0) is 11.3 Å². The van der Waals surface area contributed by atoms with Crippen molar-refractivity contribution in [2.45, 2.75) is 45.1 Å². The second kappa shape index (κ2) is 7.87. The van der Waals surface area contributed by atoms with Crippen molar-refractivity contribution in [2.75, 3.05) is 0 Å². The highest BCUT2D eigenvalue weighted by Gasteiger charge is 2.31. The summed E-state index contributed by atoms with van der Waals surface area (Å²) in [6.45, 7) is 1.84. The lowest BCUT2D eigenvalue weighted by molar-refractivity contribution is -0.274. The number of benzene rings is 1. The van der Waals surface area contributed by atoms with E-state index in [0.717, 1.165) is 6.42 Å². The minimum absolute atomic E-state index is 0.0106. The molecule has 1 amide bonds. The van der Waals surface area contributed by atoms with E-state index in [1.54, 1.807) is 6.07 Å². The Bertz CT molecular complexity index is 462. The number of nitrogens with two attached hydrogens (primary N) is 1. The molecule has 0 fully saturated rings. The van der Waals surface area contributed by atoms with Crippen LogP contribution in [0.1, 0.15) is 31.7 Å². The van der Waals surface area contributed by atoms with Crippen LogP contribution < -0.4 is 15.8 Å². The molecule has 0 saturated carbocycles. The summed E-state index contributed by atoms with van der Waals surface area (Å²) in [7, 11) is 0. The zero-order valence-corrected chi connectivity index (χ0v) is 11.7. The van der Waals surface area contributed by atoms with Crippen LogP contribution in [0.25, 0.3) is 0 Å². The van der Waals surface area contributed by atoms with Gasteiger partial charge >= 0.3 is 6.36 Å². The van der Waals surface area contributed by atoms with Crippen molar-refractivity contribution in [2.24, 2.45) is 5.73 Å². The number of carbonyl (C=O) groups excluding carboxylic acids is 1. The van der Waals surface area contributed by atoms with Gasteiger partial charge in [0.1, 0.15) is 5.75 Å².